The lowest BCUT2D eigenvalue weighted by Gasteiger charge is -2.03. The molecule has 0 amide bonds. The topological polar surface area (TPSA) is 77.3 Å². The van der Waals surface area contributed by atoms with Gasteiger partial charge in [-0.25, -0.2) is 4.79 Å². The molecule has 0 atom stereocenters. The number of aromatic nitrogens is 1. The quantitative estimate of drug-likeness (QED) is 0.594. The molecule has 0 aliphatic rings. The summed E-state index contributed by atoms with van der Waals surface area (Å²) >= 11 is 0. The minimum absolute atomic E-state index is 0.394. The van der Waals surface area contributed by atoms with Crippen molar-refractivity contribution in [1.82, 2.24) is 4.98 Å². The molecule has 5 heteroatoms. The van der Waals surface area contributed by atoms with Gasteiger partial charge in [0, 0.05) is 10.9 Å². The number of fused-ring (bicyclic) bond motifs is 1. The number of esters is 1. The molecule has 0 spiro atoms. The van der Waals surface area contributed by atoms with E-state index in [1.54, 1.807) is 25.3 Å². The van der Waals surface area contributed by atoms with Gasteiger partial charge in [0.1, 0.15) is 11.4 Å². The van der Waals surface area contributed by atoms with Crippen molar-refractivity contribution in [3.63, 3.8) is 0 Å². The molecule has 1 aromatic carbocycles. The summed E-state index contributed by atoms with van der Waals surface area (Å²) in [4.78, 5) is 14.2. The normalized spacial score (nSPS) is 10.4. The lowest BCUT2D eigenvalue weighted by Crippen LogP contribution is -2.00. The van der Waals surface area contributed by atoms with Gasteiger partial charge < -0.3 is 20.2 Å². The third kappa shape index (κ3) is 1.56. The molecular weight excluding hydrogens is 208 g/mol. The van der Waals surface area contributed by atoms with Crippen LogP contribution in [0, 0.1) is 0 Å². The van der Waals surface area contributed by atoms with Gasteiger partial charge >= 0.3 is 5.97 Å². The van der Waals surface area contributed by atoms with E-state index in [9.17, 15) is 4.79 Å². The van der Waals surface area contributed by atoms with Crippen LogP contribution in [0.5, 0.6) is 5.75 Å². The summed E-state index contributed by atoms with van der Waals surface area (Å²) in [5, 5.41) is 0.853. The van der Waals surface area contributed by atoms with Crippen LogP contribution in [-0.2, 0) is 4.74 Å². The molecule has 1 heterocycles. The minimum Gasteiger partial charge on any atom is -0.495 e. The fraction of sp³-hybridized carbons (Fsp3) is 0.182. The van der Waals surface area contributed by atoms with Crippen molar-refractivity contribution in [1.29, 1.82) is 0 Å². The molecule has 0 bridgehead atoms. The molecule has 0 aliphatic carbocycles. The Morgan fingerprint density at radius 2 is 2.06 bits per heavy atom. The third-order valence-corrected chi connectivity index (χ3v) is 2.38. The second kappa shape index (κ2) is 3.77. The molecule has 16 heavy (non-hydrogen) atoms. The van der Waals surface area contributed by atoms with Crippen LogP contribution in [0.1, 0.15) is 10.5 Å². The van der Waals surface area contributed by atoms with Crippen molar-refractivity contribution in [2.75, 3.05) is 20.0 Å². The highest BCUT2D eigenvalue weighted by Crippen LogP contribution is 2.28. The van der Waals surface area contributed by atoms with E-state index in [1.807, 2.05) is 0 Å². The summed E-state index contributed by atoms with van der Waals surface area (Å²) in [7, 11) is 2.88. The first-order valence-corrected chi connectivity index (χ1v) is 4.70. The zero-order valence-corrected chi connectivity index (χ0v) is 9.03. The molecular formula is C11H12N2O3. The summed E-state index contributed by atoms with van der Waals surface area (Å²) in [5.74, 6) is 0.177. The number of aromatic amines is 1. The van der Waals surface area contributed by atoms with Crippen LogP contribution in [0.4, 0.5) is 5.69 Å². The number of nitrogen functional groups attached to an aromatic ring is 1. The standard InChI is InChI=1S/C11H12N2O3/c1-15-10-4-6-3-9(11(14)16-2)13-8(6)5-7(10)12/h3-5,13H,12H2,1-2H3. The van der Waals surface area contributed by atoms with Crippen molar-refractivity contribution in [2.24, 2.45) is 0 Å². The van der Waals surface area contributed by atoms with Crippen LogP contribution in [0.25, 0.3) is 10.9 Å². The Labute approximate surface area is 92.1 Å². The maximum atomic E-state index is 11.3. The molecule has 0 fully saturated rings. The largest absolute Gasteiger partial charge is 0.495 e. The van der Waals surface area contributed by atoms with Gasteiger partial charge in [0.05, 0.1) is 19.9 Å². The third-order valence-electron chi connectivity index (χ3n) is 2.38. The Kier molecular flexibility index (Phi) is 2.44. The van der Waals surface area contributed by atoms with Crippen LogP contribution in [0.15, 0.2) is 18.2 Å². The molecule has 1 aromatic heterocycles. The molecule has 0 radical (unpaired) electrons. The van der Waals surface area contributed by atoms with E-state index in [0.717, 1.165) is 10.9 Å². The van der Waals surface area contributed by atoms with Gasteiger partial charge in [-0.2, -0.15) is 0 Å². The van der Waals surface area contributed by atoms with Crippen LogP contribution >= 0.6 is 0 Å². The highest BCUT2D eigenvalue weighted by molar-refractivity contribution is 5.96. The average Bonchev–Trinajstić information content (AvgIpc) is 2.69. The van der Waals surface area contributed by atoms with Crippen LogP contribution in [-0.4, -0.2) is 25.2 Å². The van der Waals surface area contributed by atoms with E-state index in [2.05, 4.69) is 9.72 Å². The Morgan fingerprint density at radius 1 is 1.31 bits per heavy atom. The van der Waals surface area contributed by atoms with Gasteiger partial charge in [-0.3, -0.25) is 0 Å². The smallest absolute Gasteiger partial charge is 0.354 e. The van der Waals surface area contributed by atoms with Gasteiger partial charge in [-0.15, -0.1) is 0 Å². The van der Waals surface area contributed by atoms with Crippen molar-refractivity contribution in [3.05, 3.63) is 23.9 Å². The monoisotopic (exact) mass is 220 g/mol. The predicted octanol–water partition coefficient (Wildman–Crippen LogP) is 1.55. The summed E-state index contributed by atoms with van der Waals surface area (Å²) in [6.45, 7) is 0. The van der Waals surface area contributed by atoms with Gasteiger partial charge in [0.25, 0.3) is 0 Å². The Bertz CT molecular complexity index is 545. The fourth-order valence-corrected chi connectivity index (χ4v) is 1.57. The first-order chi connectivity index (χ1) is 7.65. The number of rotatable bonds is 2. The van der Waals surface area contributed by atoms with E-state index >= 15 is 0 Å². The maximum absolute atomic E-state index is 11.3. The second-order valence-electron chi connectivity index (χ2n) is 3.36. The minimum atomic E-state index is -0.409. The molecule has 0 unspecified atom stereocenters. The number of carbonyl (C=O) groups is 1. The van der Waals surface area contributed by atoms with Gasteiger partial charge in [0.2, 0.25) is 0 Å². The molecule has 3 N–H and O–H groups in total. The highest BCUT2D eigenvalue weighted by atomic mass is 16.5. The summed E-state index contributed by atoms with van der Waals surface area (Å²) < 4.78 is 9.71. The molecule has 0 saturated heterocycles. The number of ether oxygens (including phenoxy) is 2. The first-order valence-electron chi connectivity index (χ1n) is 4.70. The van der Waals surface area contributed by atoms with Crippen molar-refractivity contribution in [3.8, 4) is 5.75 Å². The lowest BCUT2D eigenvalue weighted by atomic mass is 10.2. The van der Waals surface area contributed by atoms with E-state index in [0.29, 0.717) is 17.1 Å². The number of anilines is 1. The van der Waals surface area contributed by atoms with Crippen LogP contribution in [0.3, 0.4) is 0 Å². The van der Waals surface area contributed by atoms with Crippen LogP contribution < -0.4 is 10.5 Å². The SMILES string of the molecule is COC(=O)c1cc2cc(OC)c(N)cc2[nH]1. The summed E-state index contributed by atoms with van der Waals surface area (Å²) in [6, 6.07) is 5.19. The number of hydrogen-bond acceptors (Lipinski definition) is 4. The van der Waals surface area contributed by atoms with E-state index in [1.165, 1.54) is 7.11 Å². The number of methoxy groups -OCH3 is 2. The van der Waals surface area contributed by atoms with Crippen molar-refractivity contribution in [2.45, 2.75) is 0 Å². The summed E-state index contributed by atoms with van der Waals surface area (Å²) in [5.41, 5.74) is 7.45. The van der Waals surface area contributed by atoms with Gasteiger partial charge in [-0.1, -0.05) is 0 Å². The lowest BCUT2D eigenvalue weighted by molar-refractivity contribution is 0.0595. The first kappa shape index (κ1) is 10.4. The zero-order chi connectivity index (χ0) is 11.7. The molecule has 0 aliphatic heterocycles. The van der Waals surface area contributed by atoms with E-state index in [-0.39, 0.29) is 0 Å². The zero-order valence-electron chi connectivity index (χ0n) is 9.03. The van der Waals surface area contributed by atoms with Gasteiger partial charge in [0.15, 0.2) is 0 Å². The predicted molar refractivity (Wildman–Crippen MR) is 60.6 cm³/mol. The molecule has 5 nitrogen and oxygen atoms in total. The van der Waals surface area contributed by atoms with Crippen LogP contribution in [0.2, 0.25) is 0 Å². The molecule has 0 saturated carbocycles. The number of carbonyl (C=O) groups excluding carboxylic acids is 1. The highest BCUT2D eigenvalue weighted by Gasteiger charge is 2.11. The Morgan fingerprint density at radius 3 is 2.69 bits per heavy atom. The summed E-state index contributed by atoms with van der Waals surface area (Å²) in [6.07, 6.45) is 0. The molecule has 2 rings (SSSR count). The maximum Gasteiger partial charge on any atom is 0.354 e. The Balaban J connectivity index is 2.58. The van der Waals surface area contributed by atoms with Crippen molar-refractivity contribution >= 4 is 22.6 Å². The number of H-pyrrole nitrogens is 1. The number of nitrogens with two attached hydrogens (primary N) is 1. The second-order valence-corrected chi connectivity index (χ2v) is 3.36. The van der Waals surface area contributed by atoms with E-state index in [4.69, 9.17) is 10.5 Å². The number of nitrogens with one attached hydrogen (secondary N) is 1. The fourth-order valence-electron chi connectivity index (χ4n) is 1.57. The molecule has 84 valence electrons. The van der Waals surface area contributed by atoms with Crippen molar-refractivity contribution < 1.29 is 14.3 Å². The molecule has 2 aromatic rings. The Hall–Kier alpha value is -2.17. The van der Waals surface area contributed by atoms with E-state index < -0.39 is 5.97 Å². The number of hydrogen-bond donors (Lipinski definition) is 2. The average molecular weight is 220 g/mol. The number of benzene rings is 1. The van der Waals surface area contributed by atoms with Gasteiger partial charge in [-0.05, 0) is 18.2 Å².